The number of aryl methyl sites for hydroxylation is 1. The van der Waals surface area contributed by atoms with Crippen molar-refractivity contribution in [3.8, 4) is 0 Å². The number of carboxylic acids is 1. The number of carbonyl (C=O) groups excluding carboxylic acids is 1. The molecule has 0 saturated carbocycles. The predicted octanol–water partition coefficient (Wildman–Crippen LogP) is 0.790. The number of amides is 1. The van der Waals surface area contributed by atoms with Crippen LogP contribution < -0.4 is 10.6 Å². The number of nitrogens with zero attached hydrogens (tertiary/aromatic N) is 2. The monoisotopic (exact) mass is 263 g/mol. The van der Waals surface area contributed by atoms with Crippen LogP contribution in [0.4, 0.5) is 5.82 Å². The van der Waals surface area contributed by atoms with Gasteiger partial charge in [-0.25, -0.2) is 4.98 Å². The van der Waals surface area contributed by atoms with Crippen molar-refractivity contribution in [1.29, 1.82) is 0 Å². The Morgan fingerprint density at radius 2 is 2.26 bits per heavy atom. The van der Waals surface area contributed by atoms with E-state index < -0.39 is 17.8 Å². The van der Waals surface area contributed by atoms with Crippen LogP contribution in [-0.2, 0) is 4.79 Å². The number of hydrogen-bond donors (Lipinski definition) is 2. The van der Waals surface area contributed by atoms with Gasteiger partial charge in [-0.05, 0) is 31.4 Å². The third-order valence-corrected chi connectivity index (χ3v) is 3.46. The first-order valence-corrected chi connectivity index (χ1v) is 6.24. The molecule has 0 aliphatic carbocycles. The molecular weight excluding hydrogens is 246 g/mol. The van der Waals surface area contributed by atoms with Gasteiger partial charge >= 0.3 is 5.97 Å². The SMILES string of the molecule is Cc1ccnc(N2CCCC(C(=O)O)C2)c1C(N)=O. The van der Waals surface area contributed by atoms with E-state index in [1.54, 1.807) is 19.2 Å². The molecule has 1 aliphatic rings. The topological polar surface area (TPSA) is 96.5 Å². The molecule has 2 heterocycles. The Labute approximate surface area is 111 Å². The van der Waals surface area contributed by atoms with E-state index in [1.165, 1.54) is 0 Å². The summed E-state index contributed by atoms with van der Waals surface area (Å²) in [7, 11) is 0. The molecule has 1 unspecified atom stereocenters. The van der Waals surface area contributed by atoms with Gasteiger partial charge in [-0.15, -0.1) is 0 Å². The number of carbonyl (C=O) groups is 2. The molecule has 1 aromatic rings. The number of pyridine rings is 1. The molecular formula is C13H17N3O3. The third kappa shape index (κ3) is 2.67. The Morgan fingerprint density at radius 3 is 2.89 bits per heavy atom. The van der Waals surface area contributed by atoms with Gasteiger partial charge < -0.3 is 15.7 Å². The quantitative estimate of drug-likeness (QED) is 0.840. The summed E-state index contributed by atoms with van der Waals surface area (Å²) in [5.74, 6) is -1.26. The van der Waals surface area contributed by atoms with Gasteiger partial charge in [0.25, 0.3) is 5.91 Å². The average molecular weight is 263 g/mol. The van der Waals surface area contributed by atoms with Crippen molar-refractivity contribution in [2.75, 3.05) is 18.0 Å². The lowest BCUT2D eigenvalue weighted by atomic mass is 9.97. The average Bonchev–Trinajstić information content (AvgIpc) is 2.38. The van der Waals surface area contributed by atoms with Gasteiger partial charge in [-0.2, -0.15) is 0 Å². The second-order valence-corrected chi connectivity index (χ2v) is 4.81. The number of aromatic nitrogens is 1. The fourth-order valence-electron chi connectivity index (χ4n) is 2.46. The van der Waals surface area contributed by atoms with E-state index in [-0.39, 0.29) is 0 Å². The first-order valence-electron chi connectivity index (χ1n) is 6.24. The summed E-state index contributed by atoms with van der Waals surface area (Å²) in [5.41, 5.74) is 6.54. The molecule has 0 radical (unpaired) electrons. The minimum atomic E-state index is -0.807. The van der Waals surface area contributed by atoms with Crippen molar-refractivity contribution >= 4 is 17.7 Å². The van der Waals surface area contributed by atoms with Crippen molar-refractivity contribution in [3.05, 3.63) is 23.4 Å². The Bertz CT molecular complexity index is 516. The maximum absolute atomic E-state index is 11.5. The van der Waals surface area contributed by atoms with Crippen molar-refractivity contribution in [2.24, 2.45) is 11.7 Å². The number of nitrogens with two attached hydrogens (primary N) is 1. The minimum Gasteiger partial charge on any atom is -0.481 e. The number of piperidine rings is 1. The molecule has 3 N–H and O–H groups in total. The maximum Gasteiger partial charge on any atom is 0.308 e. The summed E-state index contributed by atoms with van der Waals surface area (Å²) in [5, 5.41) is 9.10. The third-order valence-electron chi connectivity index (χ3n) is 3.46. The number of anilines is 1. The molecule has 0 spiro atoms. The lowest BCUT2D eigenvalue weighted by Gasteiger charge is -2.32. The molecule has 1 atom stereocenters. The molecule has 102 valence electrons. The smallest absolute Gasteiger partial charge is 0.308 e. The van der Waals surface area contributed by atoms with Gasteiger partial charge in [-0.1, -0.05) is 0 Å². The Morgan fingerprint density at radius 1 is 1.53 bits per heavy atom. The zero-order chi connectivity index (χ0) is 14.0. The second-order valence-electron chi connectivity index (χ2n) is 4.81. The first kappa shape index (κ1) is 13.3. The van der Waals surface area contributed by atoms with Crippen molar-refractivity contribution < 1.29 is 14.7 Å². The van der Waals surface area contributed by atoms with Gasteiger partial charge in [0.1, 0.15) is 5.82 Å². The molecule has 2 rings (SSSR count). The molecule has 19 heavy (non-hydrogen) atoms. The van der Waals surface area contributed by atoms with Gasteiger partial charge in [0.05, 0.1) is 11.5 Å². The van der Waals surface area contributed by atoms with E-state index in [1.807, 2.05) is 4.90 Å². The zero-order valence-electron chi connectivity index (χ0n) is 10.8. The Balaban J connectivity index is 2.34. The van der Waals surface area contributed by atoms with Crippen LogP contribution in [0.2, 0.25) is 0 Å². The fourth-order valence-corrected chi connectivity index (χ4v) is 2.46. The first-order chi connectivity index (χ1) is 9.00. The predicted molar refractivity (Wildman–Crippen MR) is 70.1 cm³/mol. The summed E-state index contributed by atoms with van der Waals surface area (Å²) < 4.78 is 0. The molecule has 6 nitrogen and oxygen atoms in total. The summed E-state index contributed by atoms with van der Waals surface area (Å²) in [6.07, 6.45) is 3.04. The van der Waals surface area contributed by atoms with E-state index in [0.29, 0.717) is 30.9 Å². The van der Waals surface area contributed by atoms with Crippen LogP contribution in [0, 0.1) is 12.8 Å². The zero-order valence-corrected chi connectivity index (χ0v) is 10.8. The highest BCUT2D eigenvalue weighted by molar-refractivity contribution is 5.99. The molecule has 1 fully saturated rings. The Kier molecular flexibility index (Phi) is 3.69. The minimum absolute atomic E-state index is 0.367. The number of carboxylic acid groups (broad SMARTS) is 1. The highest BCUT2D eigenvalue weighted by atomic mass is 16.4. The van der Waals surface area contributed by atoms with Crippen LogP contribution in [0.25, 0.3) is 0 Å². The van der Waals surface area contributed by atoms with Gasteiger partial charge in [0.15, 0.2) is 0 Å². The van der Waals surface area contributed by atoms with Crippen molar-refractivity contribution in [1.82, 2.24) is 4.98 Å². The van der Waals surface area contributed by atoms with Crippen LogP contribution in [0.15, 0.2) is 12.3 Å². The highest BCUT2D eigenvalue weighted by Gasteiger charge is 2.28. The molecule has 1 saturated heterocycles. The lowest BCUT2D eigenvalue weighted by molar-refractivity contribution is -0.141. The standard InChI is InChI=1S/C13H17N3O3/c1-8-4-5-15-12(10(8)11(14)17)16-6-2-3-9(7-16)13(18)19/h4-5,9H,2-3,6-7H2,1H3,(H2,14,17)(H,18,19). The van der Waals surface area contributed by atoms with E-state index in [9.17, 15) is 9.59 Å². The number of aliphatic carboxylic acids is 1. The van der Waals surface area contributed by atoms with Crippen molar-refractivity contribution in [3.63, 3.8) is 0 Å². The molecule has 1 aliphatic heterocycles. The normalized spacial score (nSPS) is 19.2. The summed E-state index contributed by atoms with van der Waals surface area (Å²) in [4.78, 5) is 28.7. The molecule has 1 aromatic heterocycles. The summed E-state index contributed by atoms with van der Waals surface area (Å²) in [6.45, 7) is 2.86. The van der Waals surface area contributed by atoms with E-state index in [0.717, 1.165) is 12.0 Å². The van der Waals surface area contributed by atoms with E-state index in [4.69, 9.17) is 10.8 Å². The van der Waals surface area contributed by atoms with Crippen LogP contribution in [0.3, 0.4) is 0 Å². The van der Waals surface area contributed by atoms with E-state index in [2.05, 4.69) is 4.98 Å². The molecule has 0 aromatic carbocycles. The molecule has 0 bridgehead atoms. The highest BCUT2D eigenvalue weighted by Crippen LogP contribution is 2.26. The maximum atomic E-state index is 11.5. The van der Waals surface area contributed by atoms with Crippen molar-refractivity contribution in [2.45, 2.75) is 19.8 Å². The number of primary amides is 1. The van der Waals surface area contributed by atoms with E-state index >= 15 is 0 Å². The molecule has 1 amide bonds. The lowest BCUT2D eigenvalue weighted by Crippen LogP contribution is -2.40. The summed E-state index contributed by atoms with van der Waals surface area (Å²) in [6, 6.07) is 1.72. The van der Waals surface area contributed by atoms with Crippen LogP contribution in [-0.4, -0.2) is 35.1 Å². The van der Waals surface area contributed by atoms with Gasteiger partial charge in [-0.3, -0.25) is 9.59 Å². The van der Waals surface area contributed by atoms with Crippen LogP contribution in [0.5, 0.6) is 0 Å². The largest absolute Gasteiger partial charge is 0.481 e. The Hall–Kier alpha value is -2.11. The van der Waals surface area contributed by atoms with Crippen LogP contribution >= 0.6 is 0 Å². The van der Waals surface area contributed by atoms with Gasteiger partial charge in [0, 0.05) is 19.3 Å². The van der Waals surface area contributed by atoms with Gasteiger partial charge in [0.2, 0.25) is 0 Å². The number of rotatable bonds is 3. The molecule has 6 heteroatoms. The number of hydrogen-bond acceptors (Lipinski definition) is 4. The second kappa shape index (κ2) is 5.26. The fraction of sp³-hybridized carbons (Fsp3) is 0.462. The van der Waals surface area contributed by atoms with Crippen LogP contribution in [0.1, 0.15) is 28.8 Å². The summed E-state index contributed by atoms with van der Waals surface area (Å²) >= 11 is 0.